The molecule has 1 aliphatic heterocycles. The van der Waals surface area contributed by atoms with Crippen LogP contribution in [0.5, 0.6) is 0 Å². The van der Waals surface area contributed by atoms with Crippen LogP contribution in [0.25, 0.3) is 0 Å². The first-order valence-electron chi connectivity index (χ1n) is 9.67. The molecule has 1 N–H and O–H groups in total. The summed E-state index contributed by atoms with van der Waals surface area (Å²) in [6, 6.07) is 18.7. The molecule has 0 saturated carbocycles. The highest BCUT2D eigenvalue weighted by Crippen LogP contribution is 2.25. The molecule has 0 radical (unpaired) electrons. The average molecular weight is 425 g/mol. The van der Waals surface area contributed by atoms with E-state index in [0.717, 1.165) is 6.42 Å². The van der Waals surface area contributed by atoms with Crippen molar-refractivity contribution < 1.29 is 27.3 Å². The molecule has 2 nitrogen and oxygen atoms in total. The largest absolute Gasteiger partial charge is 1.00 e. The van der Waals surface area contributed by atoms with Crippen LogP contribution in [0.1, 0.15) is 51.3 Å². The Kier molecular flexibility index (Phi) is 11.0. The Balaban J connectivity index is 0.000000473. The van der Waals surface area contributed by atoms with Crippen molar-refractivity contribution in [1.29, 1.82) is 0 Å². The summed E-state index contributed by atoms with van der Waals surface area (Å²) in [7, 11) is -1.48. The van der Waals surface area contributed by atoms with Gasteiger partial charge in [-0.2, -0.15) is 0 Å². The molecule has 0 unspecified atom stereocenters. The smallest absolute Gasteiger partial charge is 0.762 e. The molecule has 1 aliphatic rings. The van der Waals surface area contributed by atoms with Crippen LogP contribution < -0.4 is 4.70 Å². The minimum absolute atomic E-state index is 0. The molecular weight excluding hydrogens is 393 g/mol. The Morgan fingerprint density at radius 1 is 1.00 bits per heavy atom. The summed E-state index contributed by atoms with van der Waals surface area (Å²) >= 11 is 0. The van der Waals surface area contributed by atoms with Crippen LogP contribution >= 0.6 is 0 Å². The number of fused-ring (bicyclic) bond motifs is 1. The van der Waals surface area contributed by atoms with E-state index in [2.05, 4.69) is 56.7 Å². The summed E-state index contributed by atoms with van der Waals surface area (Å²) < 4.78 is 31.4. The number of benzene rings is 2. The van der Waals surface area contributed by atoms with E-state index < -0.39 is 13.1 Å². The summed E-state index contributed by atoms with van der Waals surface area (Å²) in [4.78, 5) is 0. The molecular formula is C23H32BF4NO. The summed E-state index contributed by atoms with van der Waals surface area (Å²) in [6.45, 7) is 10.4. The monoisotopic (exact) mass is 425 g/mol. The van der Waals surface area contributed by atoms with Crippen molar-refractivity contribution in [3.8, 4) is 0 Å². The molecule has 0 aromatic heterocycles. The predicted octanol–water partition coefficient (Wildman–Crippen LogP) is 2.36. The van der Waals surface area contributed by atoms with Gasteiger partial charge in [0.25, 0.3) is 0 Å². The van der Waals surface area contributed by atoms with Crippen molar-refractivity contribution >= 4 is 13.3 Å². The molecule has 0 aliphatic carbocycles. The van der Waals surface area contributed by atoms with Gasteiger partial charge in [-0.15, -0.1) is 0 Å². The average Bonchev–Trinajstić information content (AvgIpc) is 2.59. The van der Waals surface area contributed by atoms with E-state index in [1.165, 1.54) is 22.4 Å². The van der Waals surface area contributed by atoms with Gasteiger partial charge in [0.05, 0.1) is 5.60 Å². The molecule has 0 atom stereocenters. The second-order valence-corrected chi connectivity index (χ2v) is 8.51. The summed E-state index contributed by atoms with van der Waals surface area (Å²) in [6.07, 6.45) is 1.85. The molecule has 0 saturated heterocycles. The fraction of sp³-hybridized carbons (Fsp3) is 0.435. The number of hydrogen-bond acceptors (Lipinski definition) is 1. The molecule has 0 bridgehead atoms. The van der Waals surface area contributed by atoms with E-state index in [1.54, 1.807) is 0 Å². The Morgan fingerprint density at radius 2 is 1.47 bits per heavy atom. The first kappa shape index (κ1) is 27.9. The summed E-state index contributed by atoms with van der Waals surface area (Å²) in [5.41, 5.74) is 5.11. The molecule has 0 spiro atoms. The van der Waals surface area contributed by atoms with E-state index in [0.29, 0.717) is 6.42 Å². The normalized spacial score (nSPS) is 14.2. The highest BCUT2D eigenvalue weighted by atomic mass is 19.4. The van der Waals surface area contributed by atoms with Crippen molar-refractivity contribution in [2.75, 3.05) is 7.05 Å². The van der Waals surface area contributed by atoms with E-state index in [9.17, 15) is 18.1 Å². The van der Waals surface area contributed by atoms with Gasteiger partial charge in [-0.3, -0.25) is 12.9 Å². The van der Waals surface area contributed by atoms with E-state index in [1.807, 2.05) is 44.2 Å². The third-order valence-corrected chi connectivity index (χ3v) is 4.92. The lowest BCUT2D eigenvalue weighted by atomic mass is 9.86. The molecule has 2 aromatic rings. The quantitative estimate of drug-likeness (QED) is 0.446. The van der Waals surface area contributed by atoms with E-state index in [-0.39, 0.29) is 10.2 Å². The predicted molar refractivity (Wildman–Crippen MR) is 116 cm³/mol. The number of nitrogens with zero attached hydrogens (tertiary/aromatic N) is 1. The second kappa shape index (κ2) is 11.9. The van der Waals surface area contributed by atoms with Gasteiger partial charge in [0, 0.05) is 39.2 Å². The van der Waals surface area contributed by atoms with Crippen LogP contribution in [0.15, 0.2) is 54.6 Å². The number of halogens is 4. The van der Waals surface area contributed by atoms with Gasteiger partial charge in [-0.1, -0.05) is 48.5 Å². The lowest BCUT2D eigenvalue weighted by Crippen LogP contribution is -3.00. The molecule has 2 aromatic carbocycles. The van der Waals surface area contributed by atoms with Gasteiger partial charge in [-0.05, 0) is 31.0 Å². The Labute approximate surface area is 178 Å². The summed E-state index contributed by atoms with van der Waals surface area (Å²) in [5, 5.41) is 9.47. The standard InChI is InChI=1S/C13H18N.C10H14O.BF3.FH/c1-10-12-8-6-5-7-11(12)9-13(2,3)14(10)4;1-10(2,11)8-9-6-4-3-5-7-9;2-1(3)4;/h5-8H,9H2,1-4H3;3-7,11H,8H2,1-2H3;;1H/q+1;;;/p-1. The van der Waals surface area contributed by atoms with Gasteiger partial charge in [0.15, 0.2) is 11.3 Å². The molecule has 0 amide bonds. The maximum Gasteiger partial charge on any atom is 0.762 e. The number of aliphatic hydroxyl groups is 1. The molecule has 30 heavy (non-hydrogen) atoms. The fourth-order valence-electron chi connectivity index (χ4n) is 3.34. The van der Waals surface area contributed by atoms with Crippen molar-refractivity contribution in [3.05, 3.63) is 71.3 Å². The fourth-order valence-corrected chi connectivity index (χ4v) is 3.34. The molecule has 166 valence electrons. The lowest BCUT2D eigenvalue weighted by Gasteiger charge is -2.28. The van der Waals surface area contributed by atoms with Crippen LogP contribution in [0.3, 0.4) is 0 Å². The van der Waals surface area contributed by atoms with Gasteiger partial charge in [-0.25, -0.2) is 4.58 Å². The van der Waals surface area contributed by atoms with E-state index in [4.69, 9.17) is 0 Å². The van der Waals surface area contributed by atoms with Crippen LogP contribution in [0.4, 0.5) is 12.9 Å². The topological polar surface area (TPSA) is 23.2 Å². The second-order valence-electron chi connectivity index (χ2n) is 8.51. The lowest BCUT2D eigenvalue weighted by molar-refractivity contribution is -0.576. The number of rotatable bonds is 2. The molecule has 7 heteroatoms. The summed E-state index contributed by atoms with van der Waals surface area (Å²) in [5.74, 6) is 0. The van der Waals surface area contributed by atoms with Gasteiger partial charge in [0.2, 0.25) is 0 Å². The van der Waals surface area contributed by atoms with Gasteiger partial charge in [0.1, 0.15) is 7.05 Å². The maximum absolute atomic E-state index is 9.67. The highest BCUT2D eigenvalue weighted by Gasteiger charge is 2.35. The van der Waals surface area contributed by atoms with Crippen molar-refractivity contribution in [2.45, 2.75) is 58.6 Å². The Bertz CT molecular complexity index is 800. The molecule has 1 heterocycles. The minimum Gasteiger partial charge on any atom is -1.00 e. The highest BCUT2D eigenvalue weighted by molar-refractivity contribution is 6.33. The zero-order chi connectivity index (χ0) is 22.2. The maximum atomic E-state index is 9.67. The zero-order valence-corrected chi connectivity index (χ0v) is 18.6. The molecule has 0 fully saturated rings. The van der Waals surface area contributed by atoms with Gasteiger partial charge >= 0.3 is 7.54 Å². The SMILES string of the molecule is CC(C)(O)Cc1ccccc1.CC1=[N+](C)C(C)(C)Cc2ccccc21.FB(F)F.[F-]. The van der Waals surface area contributed by atoms with Gasteiger partial charge < -0.3 is 9.81 Å². The van der Waals surface area contributed by atoms with Crippen LogP contribution in [-0.2, 0) is 12.8 Å². The molecule has 3 rings (SSSR count). The van der Waals surface area contributed by atoms with Crippen molar-refractivity contribution in [2.24, 2.45) is 0 Å². The third-order valence-electron chi connectivity index (χ3n) is 4.92. The number of hydrogen-bond donors (Lipinski definition) is 1. The Morgan fingerprint density at radius 3 is 1.97 bits per heavy atom. The first-order valence-corrected chi connectivity index (χ1v) is 9.67. The minimum atomic E-state index is -3.67. The van der Waals surface area contributed by atoms with Crippen LogP contribution in [0, 0.1) is 0 Å². The van der Waals surface area contributed by atoms with Crippen molar-refractivity contribution in [3.63, 3.8) is 0 Å². The Hall–Kier alpha value is -2.15. The first-order chi connectivity index (χ1) is 13.3. The van der Waals surface area contributed by atoms with E-state index >= 15 is 0 Å². The van der Waals surface area contributed by atoms with Crippen molar-refractivity contribution in [1.82, 2.24) is 0 Å². The zero-order valence-electron chi connectivity index (χ0n) is 18.6. The van der Waals surface area contributed by atoms with Crippen LogP contribution in [0.2, 0.25) is 0 Å². The third kappa shape index (κ3) is 9.57. The van der Waals surface area contributed by atoms with Crippen LogP contribution in [-0.4, -0.2) is 41.1 Å². The number of likely N-dealkylation sites (N-methyl/N-ethyl adjacent to an activating group) is 1.